The van der Waals surface area contributed by atoms with Crippen molar-refractivity contribution in [3.05, 3.63) is 29.8 Å². The molecular formula is C16H20O5. The average molecular weight is 292 g/mol. The first-order chi connectivity index (χ1) is 10.0. The molecule has 0 bridgehead atoms. The fourth-order valence-electron chi connectivity index (χ4n) is 1.82. The molecule has 114 valence electrons. The molecule has 0 radical (unpaired) electrons. The predicted octanol–water partition coefficient (Wildman–Crippen LogP) is 3.02. The van der Waals surface area contributed by atoms with Crippen LogP contribution in [0.4, 0.5) is 0 Å². The molecule has 1 rings (SSSR count). The first kappa shape index (κ1) is 16.8. The zero-order valence-corrected chi connectivity index (χ0v) is 12.0. The van der Waals surface area contributed by atoms with Crippen molar-refractivity contribution in [1.29, 1.82) is 0 Å². The zero-order valence-electron chi connectivity index (χ0n) is 12.0. The number of unbranched alkanes of at least 4 members (excludes halogenated alkanes) is 2. The van der Waals surface area contributed by atoms with Gasteiger partial charge >= 0.3 is 5.97 Å². The van der Waals surface area contributed by atoms with Crippen molar-refractivity contribution in [2.75, 3.05) is 7.11 Å². The number of rotatable bonds is 9. The van der Waals surface area contributed by atoms with Gasteiger partial charge in [-0.3, -0.25) is 9.59 Å². The quantitative estimate of drug-likeness (QED) is 0.540. The summed E-state index contributed by atoms with van der Waals surface area (Å²) in [6.45, 7) is 0. The van der Waals surface area contributed by atoms with Gasteiger partial charge < -0.3 is 14.9 Å². The van der Waals surface area contributed by atoms with Crippen LogP contribution in [0, 0.1) is 0 Å². The minimum atomic E-state index is -0.803. The number of carboxylic acids is 1. The van der Waals surface area contributed by atoms with Gasteiger partial charge in [0.1, 0.15) is 0 Å². The highest BCUT2D eigenvalue weighted by Gasteiger charge is 2.02. The number of hydrogen-bond donors (Lipinski definition) is 2. The molecule has 5 heteroatoms. The summed E-state index contributed by atoms with van der Waals surface area (Å²) in [5.74, 6) is -0.391. The minimum absolute atomic E-state index is 0.00244. The molecule has 0 aromatic heterocycles. The molecule has 0 heterocycles. The van der Waals surface area contributed by atoms with Crippen molar-refractivity contribution >= 4 is 17.8 Å². The maximum Gasteiger partial charge on any atom is 0.303 e. The van der Waals surface area contributed by atoms with E-state index < -0.39 is 5.97 Å². The van der Waals surface area contributed by atoms with Crippen LogP contribution in [0.3, 0.4) is 0 Å². The molecule has 0 atom stereocenters. The summed E-state index contributed by atoms with van der Waals surface area (Å²) in [4.78, 5) is 22.0. The standard InChI is InChI=1S/C16H20O5/c1-21-15-11-12(8-10-14(15)18)7-9-13(17)5-3-2-4-6-16(19)20/h7-11,18H,2-6H2,1H3,(H,19,20)/b9-7+. The van der Waals surface area contributed by atoms with Crippen molar-refractivity contribution in [2.45, 2.75) is 32.1 Å². The van der Waals surface area contributed by atoms with Crippen molar-refractivity contribution in [2.24, 2.45) is 0 Å². The summed E-state index contributed by atoms with van der Waals surface area (Å²) in [6, 6.07) is 4.84. The molecule has 2 N–H and O–H groups in total. The molecule has 0 aliphatic heterocycles. The normalized spacial score (nSPS) is 10.7. The number of phenols is 1. The summed E-state index contributed by atoms with van der Waals surface area (Å²) in [6.07, 6.45) is 5.74. The fraction of sp³-hybridized carbons (Fsp3) is 0.375. The van der Waals surface area contributed by atoms with E-state index in [-0.39, 0.29) is 18.0 Å². The van der Waals surface area contributed by atoms with Crippen molar-refractivity contribution in [3.63, 3.8) is 0 Å². The van der Waals surface area contributed by atoms with Gasteiger partial charge in [0, 0.05) is 12.8 Å². The lowest BCUT2D eigenvalue weighted by atomic mass is 10.1. The van der Waals surface area contributed by atoms with Gasteiger partial charge in [0.15, 0.2) is 17.3 Å². The summed E-state index contributed by atoms with van der Waals surface area (Å²) in [5, 5.41) is 17.9. The Bertz CT molecular complexity index is 519. The second-order valence-electron chi connectivity index (χ2n) is 4.69. The molecule has 21 heavy (non-hydrogen) atoms. The summed E-state index contributed by atoms with van der Waals surface area (Å²) in [7, 11) is 1.46. The smallest absolute Gasteiger partial charge is 0.303 e. The Hall–Kier alpha value is -2.30. The van der Waals surface area contributed by atoms with E-state index in [1.165, 1.54) is 19.3 Å². The number of ketones is 1. The second kappa shape index (κ2) is 8.79. The Kier molecular flexibility index (Phi) is 7.01. The number of carboxylic acid groups (broad SMARTS) is 1. The van der Waals surface area contributed by atoms with Gasteiger partial charge in [-0.05, 0) is 36.6 Å². The van der Waals surface area contributed by atoms with Crippen molar-refractivity contribution in [3.8, 4) is 11.5 Å². The van der Waals surface area contributed by atoms with E-state index in [0.29, 0.717) is 25.0 Å². The average Bonchev–Trinajstić information content (AvgIpc) is 2.45. The highest BCUT2D eigenvalue weighted by atomic mass is 16.5. The summed E-state index contributed by atoms with van der Waals surface area (Å²) >= 11 is 0. The molecule has 0 saturated carbocycles. The Labute approximate surface area is 123 Å². The number of allylic oxidation sites excluding steroid dienone is 1. The number of aliphatic carboxylic acids is 1. The highest BCUT2D eigenvalue weighted by Crippen LogP contribution is 2.26. The molecule has 0 amide bonds. The third-order valence-electron chi connectivity index (χ3n) is 2.98. The van der Waals surface area contributed by atoms with Gasteiger partial charge in [0.05, 0.1) is 7.11 Å². The number of carbonyl (C=O) groups excluding carboxylic acids is 1. The number of carbonyl (C=O) groups is 2. The third-order valence-corrected chi connectivity index (χ3v) is 2.98. The van der Waals surface area contributed by atoms with Crippen LogP contribution >= 0.6 is 0 Å². The predicted molar refractivity (Wildman–Crippen MR) is 79.4 cm³/mol. The largest absolute Gasteiger partial charge is 0.504 e. The molecule has 0 saturated heterocycles. The monoisotopic (exact) mass is 292 g/mol. The first-order valence-corrected chi connectivity index (χ1v) is 6.82. The first-order valence-electron chi connectivity index (χ1n) is 6.82. The van der Waals surface area contributed by atoms with E-state index in [0.717, 1.165) is 12.0 Å². The van der Waals surface area contributed by atoms with Crippen LogP contribution in [0.1, 0.15) is 37.7 Å². The summed E-state index contributed by atoms with van der Waals surface area (Å²) in [5.41, 5.74) is 0.767. The zero-order chi connectivity index (χ0) is 15.7. The fourth-order valence-corrected chi connectivity index (χ4v) is 1.82. The Morgan fingerprint density at radius 2 is 1.90 bits per heavy atom. The van der Waals surface area contributed by atoms with Gasteiger partial charge in [0.2, 0.25) is 0 Å². The lowest BCUT2D eigenvalue weighted by molar-refractivity contribution is -0.137. The SMILES string of the molecule is COc1cc(/C=C/C(=O)CCCCCC(=O)O)ccc1O. The van der Waals surface area contributed by atoms with Crippen LogP contribution in [0.5, 0.6) is 11.5 Å². The van der Waals surface area contributed by atoms with Crippen LogP contribution in [0.2, 0.25) is 0 Å². The van der Waals surface area contributed by atoms with Crippen LogP contribution in [-0.2, 0) is 9.59 Å². The molecular weight excluding hydrogens is 272 g/mol. The lowest BCUT2D eigenvalue weighted by Gasteiger charge is -2.03. The highest BCUT2D eigenvalue weighted by molar-refractivity contribution is 5.93. The number of methoxy groups -OCH3 is 1. The van der Waals surface area contributed by atoms with Crippen LogP contribution in [0.15, 0.2) is 24.3 Å². The van der Waals surface area contributed by atoms with Gasteiger partial charge in [-0.2, -0.15) is 0 Å². The lowest BCUT2D eigenvalue weighted by Crippen LogP contribution is -1.96. The van der Waals surface area contributed by atoms with E-state index in [2.05, 4.69) is 0 Å². The van der Waals surface area contributed by atoms with E-state index in [1.54, 1.807) is 18.2 Å². The maximum atomic E-state index is 11.7. The Balaban J connectivity index is 2.38. The number of aromatic hydroxyl groups is 1. The molecule has 1 aromatic carbocycles. The van der Waals surface area contributed by atoms with Crippen LogP contribution in [0.25, 0.3) is 6.08 Å². The molecule has 1 aromatic rings. The molecule has 0 unspecified atom stereocenters. The second-order valence-corrected chi connectivity index (χ2v) is 4.69. The van der Waals surface area contributed by atoms with Gasteiger partial charge in [0.25, 0.3) is 0 Å². The van der Waals surface area contributed by atoms with E-state index >= 15 is 0 Å². The van der Waals surface area contributed by atoms with Gasteiger partial charge in [-0.1, -0.05) is 18.6 Å². The minimum Gasteiger partial charge on any atom is -0.504 e. The number of hydrogen-bond acceptors (Lipinski definition) is 4. The third kappa shape index (κ3) is 6.61. The van der Waals surface area contributed by atoms with E-state index in [4.69, 9.17) is 9.84 Å². The van der Waals surface area contributed by atoms with E-state index in [1.807, 2.05) is 0 Å². The topological polar surface area (TPSA) is 83.8 Å². The number of ether oxygens (including phenoxy) is 1. The molecule has 0 aliphatic rings. The summed E-state index contributed by atoms with van der Waals surface area (Å²) < 4.78 is 4.99. The van der Waals surface area contributed by atoms with Crippen molar-refractivity contribution in [1.82, 2.24) is 0 Å². The number of benzene rings is 1. The van der Waals surface area contributed by atoms with Gasteiger partial charge in [-0.25, -0.2) is 0 Å². The Morgan fingerprint density at radius 3 is 2.57 bits per heavy atom. The van der Waals surface area contributed by atoms with Crippen molar-refractivity contribution < 1.29 is 24.5 Å². The molecule has 5 nitrogen and oxygen atoms in total. The molecule has 0 fully saturated rings. The van der Waals surface area contributed by atoms with Crippen LogP contribution < -0.4 is 4.74 Å². The van der Waals surface area contributed by atoms with E-state index in [9.17, 15) is 14.7 Å². The Morgan fingerprint density at radius 1 is 1.19 bits per heavy atom. The molecule has 0 spiro atoms. The molecule has 0 aliphatic carbocycles. The maximum absolute atomic E-state index is 11.7. The van der Waals surface area contributed by atoms with Crippen LogP contribution in [-0.4, -0.2) is 29.1 Å². The van der Waals surface area contributed by atoms with Gasteiger partial charge in [-0.15, -0.1) is 0 Å². The number of phenolic OH excluding ortho intramolecular Hbond substituents is 1.